The quantitative estimate of drug-likeness (QED) is 0.675. The predicted octanol–water partition coefficient (Wildman–Crippen LogP) is 2.38. The third-order valence-corrected chi connectivity index (χ3v) is 6.15. The Labute approximate surface area is 176 Å². The van der Waals surface area contributed by atoms with Crippen LogP contribution in [-0.2, 0) is 27.9 Å². The number of nitrogens with one attached hydrogen (secondary N) is 1. The van der Waals surface area contributed by atoms with Gasteiger partial charge in [0.2, 0.25) is 10.0 Å². The highest BCUT2D eigenvalue weighted by Crippen LogP contribution is 2.26. The van der Waals surface area contributed by atoms with Gasteiger partial charge < -0.3 is 9.67 Å². The molecule has 3 heterocycles. The molecule has 13 heteroatoms. The number of halogens is 3. The monoisotopic (exact) mass is 468 g/mol. The zero-order valence-corrected chi connectivity index (χ0v) is 18.0. The Hall–Kier alpha value is -1.96. The van der Waals surface area contributed by atoms with Crippen LogP contribution in [0.15, 0.2) is 24.0 Å². The summed E-state index contributed by atoms with van der Waals surface area (Å²) >= 11 is 1.79. The minimum Gasteiger partial charge on any atom is -0.475 e. The molecule has 0 fully saturated rings. The summed E-state index contributed by atoms with van der Waals surface area (Å²) in [4.78, 5) is 17.0. The van der Waals surface area contributed by atoms with Crippen LogP contribution >= 0.6 is 11.3 Å². The van der Waals surface area contributed by atoms with Gasteiger partial charge in [-0.05, 0) is 30.4 Å². The van der Waals surface area contributed by atoms with Crippen LogP contribution < -0.4 is 4.72 Å². The van der Waals surface area contributed by atoms with Gasteiger partial charge in [0.1, 0.15) is 0 Å². The number of nitrogens with zero attached hydrogens (tertiary/aromatic N) is 3. The van der Waals surface area contributed by atoms with Crippen LogP contribution in [-0.4, -0.2) is 59.5 Å². The van der Waals surface area contributed by atoms with Gasteiger partial charge >= 0.3 is 12.1 Å². The normalized spacial score (nSPS) is 17.2. The van der Waals surface area contributed by atoms with Crippen molar-refractivity contribution in [1.29, 1.82) is 0 Å². The lowest BCUT2D eigenvalue weighted by molar-refractivity contribution is -0.192. The number of carboxylic acid groups (broad SMARTS) is 1. The Morgan fingerprint density at radius 1 is 1.43 bits per heavy atom. The Bertz CT molecular complexity index is 956. The van der Waals surface area contributed by atoms with Crippen molar-refractivity contribution in [3.63, 3.8) is 0 Å². The molecule has 8 nitrogen and oxygen atoms in total. The van der Waals surface area contributed by atoms with Gasteiger partial charge in [-0.2, -0.15) is 13.2 Å². The second kappa shape index (κ2) is 9.90. The average molecular weight is 469 g/mol. The highest BCUT2D eigenvalue weighted by atomic mass is 32.2. The average Bonchev–Trinajstić information content (AvgIpc) is 3.23. The van der Waals surface area contributed by atoms with Crippen LogP contribution in [0.3, 0.4) is 0 Å². The number of sulfonamides is 1. The van der Waals surface area contributed by atoms with Gasteiger partial charge in [0.15, 0.2) is 0 Å². The first-order chi connectivity index (χ1) is 13.9. The summed E-state index contributed by atoms with van der Waals surface area (Å²) < 4.78 is 59.0. The van der Waals surface area contributed by atoms with E-state index < -0.39 is 22.2 Å². The van der Waals surface area contributed by atoms with Crippen molar-refractivity contribution < 1.29 is 31.5 Å². The number of imidazole rings is 1. The van der Waals surface area contributed by atoms with Crippen LogP contribution in [0.4, 0.5) is 13.2 Å². The number of aryl methyl sites for hydroxylation is 1. The van der Waals surface area contributed by atoms with Gasteiger partial charge in [-0.15, -0.1) is 11.3 Å². The number of carbonyl (C=O) groups is 1. The van der Waals surface area contributed by atoms with E-state index in [1.165, 1.54) is 22.4 Å². The fraction of sp³-hybridized carbons (Fsp3) is 0.529. The zero-order chi connectivity index (χ0) is 22.5. The summed E-state index contributed by atoms with van der Waals surface area (Å²) in [5, 5.41) is 9.26. The SMILES string of the molecule is Cc1ccsc1CN1Cc2cncn2C(CCNS(C)(=O)=O)C1.O=C(O)C(F)(F)F. The van der Waals surface area contributed by atoms with Crippen LogP contribution in [0.2, 0.25) is 0 Å². The van der Waals surface area contributed by atoms with Crippen molar-refractivity contribution >= 4 is 27.3 Å². The van der Waals surface area contributed by atoms with Crippen LogP contribution in [0.25, 0.3) is 0 Å². The van der Waals surface area contributed by atoms with Crippen molar-refractivity contribution in [3.05, 3.63) is 40.1 Å². The molecule has 2 N–H and O–H groups in total. The van der Waals surface area contributed by atoms with E-state index in [0.717, 1.165) is 26.1 Å². The number of thiophene rings is 1. The molecule has 2 aromatic heterocycles. The second-order valence-corrected chi connectivity index (χ2v) is 9.73. The molecular weight excluding hydrogens is 445 g/mol. The van der Waals surface area contributed by atoms with Crippen molar-refractivity contribution in [3.8, 4) is 0 Å². The number of fused-ring (bicyclic) bond motifs is 1. The Balaban J connectivity index is 0.000000396. The summed E-state index contributed by atoms with van der Waals surface area (Å²) in [6.45, 7) is 5.32. The number of hydrogen-bond acceptors (Lipinski definition) is 6. The van der Waals surface area contributed by atoms with Crippen LogP contribution in [0, 0.1) is 6.92 Å². The first-order valence-corrected chi connectivity index (χ1v) is 11.6. The molecule has 3 rings (SSSR count). The number of aliphatic carboxylic acids is 1. The van der Waals surface area contributed by atoms with E-state index in [0.29, 0.717) is 6.54 Å². The first-order valence-electron chi connectivity index (χ1n) is 8.87. The van der Waals surface area contributed by atoms with Gasteiger partial charge in [0, 0.05) is 43.3 Å². The lowest BCUT2D eigenvalue weighted by atomic mass is 10.1. The van der Waals surface area contributed by atoms with E-state index in [9.17, 15) is 21.6 Å². The van der Waals surface area contributed by atoms with Crippen molar-refractivity contribution in [1.82, 2.24) is 19.2 Å². The standard InChI is InChI=1S/C15H22N4O2S2.C2HF3O2/c1-12-4-6-22-15(12)10-18-8-13(3-5-17-23(2,20)21)19-11-16-7-14(19)9-18;3-2(4,5)1(6)7/h4,6-7,11,13,17H,3,5,8-10H2,1-2H3;(H,6,7). The van der Waals surface area contributed by atoms with Crippen molar-refractivity contribution in [2.24, 2.45) is 0 Å². The Kier molecular flexibility index (Phi) is 8.02. The third kappa shape index (κ3) is 7.38. The molecule has 0 aromatic carbocycles. The molecule has 1 atom stereocenters. The Morgan fingerprint density at radius 2 is 2.10 bits per heavy atom. The maximum absolute atomic E-state index is 11.2. The number of rotatable bonds is 6. The van der Waals surface area contributed by atoms with E-state index >= 15 is 0 Å². The van der Waals surface area contributed by atoms with E-state index in [1.54, 1.807) is 11.3 Å². The molecule has 168 valence electrons. The molecule has 0 saturated heterocycles. The van der Waals surface area contributed by atoms with Gasteiger partial charge in [-0.1, -0.05) is 0 Å². The maximum atomic E-state index is 11.2. The van der Waals surface area contributed by atoms with E-state index in [1.807, 2.05) is 12.5 Å². The molecule has 1 aliphatic heterocycles. The number of alkyl halides is 3. The fourth-order valence-corrected chi connectivity index (χ4v) is 4.43. The predicted molar refractivity (Wildman–Crippen MR) is 106 cm³/mol. The first kappa shape index (κ1) is 24.3. The highest BCUT2D eigenvalue weighted by Gasteiger charge is 2.38. The van der Waals surface area contributed by atoms with Gasteiger partial charge in [0.05, 0.1) is 18.3 Å². The van der Waals surface area contributed by atoms with Crippen molar-refractivity contribution in [2.45, 2.75) is 38.7 Å². The lowest BCUT2D eigenvalue weighted by Crippen LogP contribution is -2.38. The van der Waals surface area contributed by atoms with Crippen LogP contribution in [0.1, 0.15) is 28.6 Å². The maximum Gasteiger partial charge on any atom is 0.490 e. The number of carboxylic acids is 1. The molecule has 0 saturated carbocycles. The number of hydrogen-bond donors (Lipinski definition) is 2. The Morgan fingerprint density at radius 3 is 2.63 bits per heavy atom. The molecule has 0 amide bonds. The fourth-order valence-electron chi connectivity index (χ4n) is 2.99. The minimum absolute atomic E-state index is 0.246. The minimum atomic E-state index is -5.08. The molecule has 30 heavy (non-hydrogen) atoms. The largest absolute Gasteiger partial charge is 0.490 e. The third-order valence-electron chi connectivity index (χ3n) is 4.41. The van der Waals surface area contributed by atoms with E-state index in [4.69, 9.17) is 9.90 Å². The van der Waals surface area contributed by atoms with Gasteiger partial charge in [-0.25, -0.2) is 22.9 Å². The molecule has 1 unspecified atom stereocenters. The smallest absolute Gasteiger partial charge is 0.475 e. The summed E-state index contributed by atoms with van der Waals surface area (Å²) in [7, 11) is -3.14. The molecule has 0 radical (unpaired) electrons. The van der Waals surface area contributed by atoms with E-state index in [-0.39, 0.29) is 6.04 Å². The molecular formula is C17H23F3N4O4S2. The number of aromatic nitrogens is 2. The van der Waals surface area contributed by atoms with Crippen molar-refractivity contribution in [2.75, 3.05) is 19.3 Å². The summed E-state index contributed by atoms with van der Waals surface area (Å²) in [6.07, 6.45) is 0.636. The molecule has 1 aliphatic rings. The van der Waals surface area contributed by atoms with Crippen LogP contribution in [0.5, 0.6) is 0 Å². The zero-order valence-electron chi connectivity index (χ0n) is 16.4. The summed E-state index contributed by atoms with van der Waals surface area (Å²) in [5.74, 6) is -2.76. The van der Waals surface area contributed by atoms with Gasteiger partial charge in [-0.3, -0.25) is 4.90 Å². The summed E-state index contributed by atoms with van der Waals surface area (Å²) in [5.41, 5.74) is 2.53. The lowest BCUT2D eigenvalue weighted by Gasteiger charge is -2.34. The molecule has 0 spiro atoms. The molecule has 0 aliphatic carbocycles. The molecule has 2 aromatic rings. The second-order valence-electron chi connectivity index (χ2n) is 6.90. The van der Waals surface area contributed by atoms with E-state index in [2.05, 4.69) is 37.5 Å². The highest BCUT2D eigenvalue weighted by molar-refractivity contribution is 7.88. The molecule has 0 bridgehead atoms. The topological polar surface area (TPSA) is 105 Å². The van der Waals surface area contributed by atoms with Gasteiger partial charge in [0.25, 0.3) is 0 Å². The summed E-state index contributed by atoms with van der Waals surface area (Å²) in [6, 6.07) is 2.40.